The first-order valence-corrected chi connectivity index (χ1v) is 5.15. The van der Waals surface area contributed by atoms with Crippen LogP contribution in [0, 0.1) is 10.1 Å². The van der Waals surface area contributed by atoms with E-state index in [0.29, 0.717) is 0 Å². The fourth-order valence-electron chi connectivity index (χ4n) is 1.59. The van der Waals surface area contributed by atoms with E-state index >= 15 is 0 Å². The molecular formula is C11H17N3O2. The van der Waals surface area contributed by atoms with Crippen molar-refractivity contribution in [3.8, 4) is 0 Å². The Hall–Kier alpha value is -1.62. The number of anilines is 1. The van der Waals surface area contributed by atoms with Crippen LogP contribution in [0.15, 0.2) is 24.3 Å². The summed E-state index contributed by atoms with van der Waals surface area (Å²) in [5.74, 6) is 0. The predicted molar refractivity (Wildman–Crippen MR) is 64.7 cm³/mol. The molecule has 0 spiro atoms. The monoisotopic (exact) mass is 223 g/mol. The summed E-state index contributed by atoms with van der Waals surface area (Å²) in [6.07, 6.45) is 0. The highest BCUT2D eigenvalue weighted by molar-refractivity contribution is 5.51. The van der Waals surface area contributed by atoms with Crippen molar-refractivity contribution in [1.82, 2.24) is 4.90 Å². The second kappa shape index (κ2) is 5.46. The molecule has 1 rings (SSSR count). The van der Waals surface area contributed by atoms with Gasteiger partial charge in [-0.15, -0.1) is 0 Å². The van der Waals surface area contributed by atoms with Gasteiger partial charge in [-0.25, -0.2) is 0 Å². The molecule has 0 amide bonds. The average Bonchev–Trinajstić information content (AvgIpc) is 2.16. The molecule has 16 heavy (non-hydrogen) atoms. The van der Waals surface area contributed by atoms with Crippen molar-refractivity contribution in [3.05, 3.63) is 34.4 Å². The number of hydrogen-bond acceptors (Lipinski definition) is 4. The maximum absolute atomic E-state index is 10.6. The van der Waals surface area contributed by atoms with Crippen molar-refractivity contribution in [2.24, 2.45) is 0 Å². The van der Waals surface area contributed by atoms with Crippen molar-refractivity contribution in [1.29, 1.82) is 0 Å². The molecule has 5 nitrogen and oxygen atoms in total. The number of hydrogen-bond donors (Lipinski definition) is 1. The van der Waals surface area contributed by atoms with Gasteiger partial charge in [0.1, 0.15) is 0 Å². The van der Waals surface area contributed by atoms with Crippen molar-refractivity contribution >= 4 is 11.4 Å². The lowest BCUT2D eigenvalue weighted by Gasteiger charge is -2.19. The molecule has 1 unspecified atom stereocenters. The van der Waals surface area contributed by atoms with Gasteiger partial charge in [0.15, 0.2) is 0 Å². The molecule has 0 bridgehead atoms. The van der Waals surface area contributed by atoms with Gasteiger partial charge < -0.3 is 10.2 Å². The molecule has 0 radical (unpaired) electrons. The minimum atomic E-state index is -0.387. The van der Waals surface area contributed by atoms with E-state index in [1.807, 2.05) is 27.1 Å². The average molecular weight is 223 g/mol. The van der Waals surface area contributed by atoms with Crippen LogP contribution in [0.1, 0.15) is 6.92 Å². The lowest BCUT2D eigenvalue weighted by molar-refractivity contribution is -0.384. The first-order valence-electron chi connectivity index (χ1n) is 5.15. The number of rotatable bonds is 5. The van der Waals surface area contributed by atoms with Crippen molar-refractivity contribution in [2.75, 3.05) is 26.0 Å². The van der Waals surface area contributed by atoms with E-state index in [0.717, 1.165) is 12.2 Å². The molecule has 0 aromatic heterocycles. The van der Waals surface area contributed by atoms with Crippen molar-refractivity contribution in [2.45, 2.75) is 13.0 Å². The Morgan fingerprint density at radius 1 is 1.50 bits per heavy atom. The van der Waals surface area contributed by atoms with E-state index < -0.39 is 0 Å². The molecule has 0 fully saturated rings. The fraction of sp³-hybridized carbons (Fsp3) is 0.455. The highest BCUT2D eigenvalue weighted by atomic mass is 16.6. The van der Waals surface area contributed by atoms with Crippen LogP contribution >= 0.6 is 0 Å². The summed E-state index contributed by atoms with van der Waals surface area (Å²) in [5, 5.41) is 13.8. The third kappa shape index (κ3) is 3.86. The summed E-state index contributed by atoms with van der Waals surface area (Å²) in [4.78, 5) is 12.3. The molecule has 0 aliphatic heterocycles. The maximum atomic E-state index is 10.6. The highest BCUT2D eigenvalue weighted by Gasteiger charge is 2.08. The van der Waals surface area contributed by atoms with Crippen LogP contribution in [0.4, 0.5) is 11.4 Å². The number of nitrogens with one attached hydrogen (secondary N) is 1. The number of benzene rings is 1. The molecule has 0 heterocycles. The molecule has 1 aromatic carbocycles. The predicted octanol–water partition coefficient (Wildman–Crippen LogP) is 1.96. The van der Waals surface area contributed by atoms with E-state index in [4.69, 9.17) is 0 Å². The second-order valence-electron chi connectivity index (χ2n) is 4.12. The Bertz CT molecular complexity index is 366. The van der Waals surface area contributed by atoms with Gasteiger partial charge in [-0.05, 0) is 27.1 Å². The standard InChI is InChI=1S/C11H17N3O2/c1-9(8-13(2)3)12-10-5-4-6-11(7-10)14(15)16/h4-7,9,12H,8H2,1-3H3. The Morgan fingerprint density at radius 3 is 2.75 bits per heavy atom. The summed E-state index contributed by atoms with van der Waals surface area (Å²) in [6, 6.07) is 6.80. The Balaban J connectivity index is 2.66. The molecular weight excluding hydrogens is 206 g/mol. The van der Waals surface area contributed by atoms with Crippen LogP contribution in [-0.4, -0.2) is 36.5 Å². The quantitative estimate of drug-likeness (QED) is 0.612. The minimum Gasteiger partial charge on any atom is -0.381 e. The third-order valence-electron chi connectivity index (χ3n) is 2.11. The van der Waals surface area contributed by atoms with Crippen molar-refractivity contribution < 1.29 is 4.92 Å². The molecule has 0 saturated carbocycles. The van der Waals surface area contributed by atoms with Crippen LogP contribution in [0.3, 0.4) is 0 Å². The Labute approximate surface area is 95.2 Å². The van der Waals surface area contributed by atoms with E-state index in [9.17, 15) is 10.1 Å². The first-order chi connectivity index (χ1) is 7.49. The van der Waals surface area contributed by atoms with E-state index in [2.05, 4.69) is 10.2 Å². The van der Waals surface area contributed by atoms with E-state index in [-0.39, 0.29) is 16.7 Å². The summed E-state index contributed by atoms with van der Waals surface area (Å²) < 4.78 is 0. The highest BCUT2D eigenvalue weighted by Crippen LogP contribution is 2.17. The zero-order chi connectivity index (χ0) is 12.1. The summed E-state index contributed by atoms with van der Waals surface area (Å²) >= 11 is 0. The van der Waals surface area contributed by atoms with Gasteiger partial charge in [-0.3, -0.25) is 10.1 Å². The summed E-state index contributed by atoms with van der Waals surface area (Å²) in [7, 11) is 3.98. The van der Waals surface area contributed by atoms with Gasteiger partial charge in [-0.2, -0.15) is 0 Å². The topological polar surface area (TPSA) is 58.4 Å². The molecule has 0 aliphatic rings. The SMILES string of the molecule is CC(CN(C)C)Nc1cccc([N+](=O)[O-])c1. The minimum absolute atomic E-state index is 0.113. The molecule has 1 atom stereocenters. The Morgan fingerprint density at radius 2 is 2.19 bits per heavy atom. The Kier molecular flexibility index (Phi) is 4.25. The fourth-order valence-corrected chi connectivity index (χ4v) is 1.59. The largest absolute Gasteiger partial charge is 0.381 e. The van der Waals surface area contributed by atoms with Gasteiger partial charge in [0.2, 0.25) is 0 Å². The molecule has 0 saturated heterocycles. The lowest BCUT2D eigenvalue weighted by atomic mass is 10.2. The maximum Gasteiger partial charge on any atom is 0.271 e. The molecule has 1 aromatic rings. The van der Waals surface area contributed by atoms with E-state index in [1.54, 1.807) is 12.1 Å². The smallest absolute Gasteiger partial charge is 0.271 e. The summed E-state index contributed by atoms with van der Waals surface area (Å²) in [5.41, 5.74) is 0.894. The zero-order valence-corrected chi connectivity index (χ0v) is 9.80. The zero-order valence-electron chi connectivity index (χ0n) is 9.80. The second-order valence-corrected chi connectivity index (χ2v) is 4.12. The summed E-state index contributed by atoms with van der Waals surface area (Å²) in [6.45, 7) is 2.92. The number of nitrogens with zero attached hydrogens (tertiary/aromatic N) is 2. The van der Waals surface area contributed by atoms with Crippen molar-refractivity contribution in [3.63, 3.8) is 0 Å². The number of nitro benzene ring substituents is 1. The van der Waals surface area contributed by atoms with Gasteiger partial charge in [-0.1, -0.05) is 6.07 Å². The van der Waals surface area contributed by atoms with Crippen LogP contribution < -0.4 is 5.32 Å². The molecule has 0 aliphatic carbocycles. The van der Waals surface area contributed by atoms with Crippen LogP contribution in [-0.2, 0) is 0 Å². The third-order valence-corrected chi connectivity index (χ3v) is 2.11. The number of non-ortho nitro benzene ring substituents is 1. The van der Waals surface area contributed by atoms with Gasteiger partial charge >= 0.3 is 0 Å². The molecule has 1 N–H and O–H groups in total. The normalized spacial score (nSPS) is 12.5. The number of likely N-dealkylation sites (N-methyl/N-ethyl adjacent to an activating group) is 1. The van der Waals surface area contributed by atoms with E-state index in [1.165, 1.54) is 6.07 Å². The number of nitro groups is 1. The van der Waals surface area contributed by atoms with Crippen LogP contribution in [0.5, 0.6) is 0 Å². The van der Waals surface area contributed by atoms with Gasteiger partial charge in [0.05, 0.1) is 4.92 Å². The lowest BCUT2D eigenvalue weighted by Crippen LogP contribution is -2.29. The molecule has 88 valence electrons. The van der Waals surface area contributed by atoms with Crippen LogP contribution in [0.2, 0.25) is 0 Å². The van der Waals surface area contributed by atoms with Gasteiger partial charge in [0.25, 0.3) is 5.69 Å². The van der Waals surface area contributed by atoms with Gasteiger partial charge in [0, 0.05) is 30.4 Å². The first kappa shape index (κ1) is 12.4. The molecule has 5 heteroatoms. The van der Waals surface area contributed by atoms with Crippen LogP contribution in [0.25, 0.3) is 0 Å².